The van der Waals surface area contributed by atoms with Crippen LogP contribution in [0.15, 0.2) is 35.3 Å². The Morgan fingerprint density at radius 2 is 2.07 bits per heavy atom. The topological polar surface area (TPSA) is 97.4 Å². The molecule has 3 aromatic rings. The van der Waals surface area contributed by atoms with Crippen molar-refractivity contribution in [3.8, 4) is 0 Å². The molecular formula is C20H24N4O4S. The highest BCUT2D eigenvalue weighted by atomic mass is 32.2. The normalized spacial score (nSPS) is 16.1. The van der Waals surface area contributed by atoms with Crippen molar-refractivity contribution in [2.45, 2.75) is 32.5 Å². The fraction of sp³-hybridized carbons (Fsp3) is 0.400. The van der Waals surface area contributed by atoms with Crippen molar-refractivity contribution in [1.29, 1.82) is 0 Å². The minimum Gasteiger partial charge on any atom is -0.389 e. The summed E-state index contributed by atoms with van der Waals surface area (Å²) in [5.74, 6) is 0. The smallest absolute Gasteiger partial charge is 0.291 e. The first-order valence-electron chi connectivity index (χ1n) is 9.45. The number of hydrogen-bond acceptors (Lipinski definition) is 5. The molecule has 1 N–H and O–H groups in total. The van der Waals surface area contributed by atoms with E-state index in [0.717, 1.165) is 27.8 Å². The summed E-state index contributed by atoms with van der Waals surface area (Å²) in [6, 6.07) is 7.45. The summed E-state index contributed by atoms with van der Waals surface area (Å²) in [6.07, 6.45) is 2.88. The number of aliphatic hydroxyl groups is 1. The van der Waals surface area contributed by atoms with E-state index in [1.807, 2.05) is 24.3 Å². The number of benzene rings is 1. The molecule has 1 unspecified atom stereocenters. The van der Waals surface area contributed by atoms with Gasteiger partial charge in [0.05, 0.1) is 31.6 Å². The number of rotatable bonds is 4. The van der Waals surface area contributed by atoms with Crippen molar-refractivity contribution in [3.05, 3.63) is 63.2 Å². The molecule has 0 fully saturated rings. The lowest BCUT2D eigenvalue weighted by atomic mass is 10.1. The van der Waals surface area contributed by atoms with Crippen LogP contribution in [0.1, 0.15) is 35.4 Å². The minimum absolute atomic E-state index is 0.215. The van der Waals surface area contributed by atoms with E-state index in [-0.39, 0.29) is 12.1 Å². The van der Waals surface area contributed by atoms with Crippen molar-refractivity contribution in [1.82, 2.24) is 18.7 Å². The van der Waals surface area contributed by atoms with E-state index in [1.165, 1.54) is 15.2 Å². The highest BCUT2D eigenvalue weighted by Crippen LogP contribution is 2.28. The van der Waals surface area contributed by atoms with E-state index in [0.29, 0.717) is 25.0 Å². The van der Waals surface area contributed by atoms with E-state index >= 15 is 0 Å². The summed E-state index contributed by atoms with van der Waals surface area (Å²) >= 11 is 0. The van der Waals surface area contributed by atoms with Gasteiger partial charge in [0.2, 0.25) is 10.0 Å². The second-order valence-corrected chi connectivity index (χ2v) is 9.60. The van der Waals surface area contributed by atoms with Crippen LogP contribution in [0.3, 0.4) is 0 Å². The summed E-state index contributed by atoms with van der Waals surface area (Å²) in [5.41, 5.74) is 3.81. The molecule has 4 rings (SSSR count). The molecule has 0 radical (unpaired) electrons. The first kappa shape index (κ1) is 19.8. The Morgan fingerprint density at radius 1 is 1.31 bits per heavy atom. The van der Waals surface area contributed by atoms with E-state index in [1.54, 1.807) is 24.7 Å². The Kier molecular flexibility index (Phi) is 4.84. The van der Waals surface area contributed by atoms with Gasteiger partial charge in [0.1, 0.15) is 5.52 Å². The number of aromatic nitrogens is 3. The van der Waals surface area contributed by atoms with Gasteiger partial charge < -0.3 is 9.67 Å². The predicted molar refractivity (Wildman–Crippen MR) is 110 cm³/mol. The maximum atomic E-state index is 13.2. The second-order valence-electron chi connectivity index (χ2n) is 7.62. The van der Waals surface area contributed by atoms with Crippen LogP contribution < -0.4 is 5.56 Å². The van der Waals surface area contributed by atoms with Gasteiger partial charge in [-0.05, 0) is 30.0 Å². The monoisotopic (exact) mass is 416 g/mol. The van der Waals surface area contributed by atoms with Gasteiger partial charge in [-0.25, -0.2) is 13.1 Å². The molecule has 1 aliphatic rings. The molecule has 29 heavy (non-hydrogen) atoms. The molecular weight excluding hydrogens is 392 g/mol. The summed E-state index contributed by atoms with van der Waals surface area (Å²) in [4.78, 5) is 13.2. The Labute approximate surface area is 169 Å². The zero-order valence-electron chi connectivity index (χ0n) is 16.7. The summed E-state index contributed by atoms with van der Waals surface area (Å²) in [6.45, 7) is 2.65. The lowest BCUT2D eigenvalue weighted by Gasteiger charge is -2.25. The molecule has 8 nitrogen and oxygen atoms in total. The first-order valence-corrected chi connectivity index (χ1v) is 11.3. The van der Waals surface area contributed by atoms with Gasteiger partial charge in [-0.2, -0.15) is 9.40 Å². The molecule has 3 heterocycles. The quantitative estimate of drug-likeness (QED) is 0.688. The first-order chi connectivity index (χ1) is 13.7. The average Bonchev–Trinajstić information content (AvgIpc) is 2.96. The molecule has 154 valence electrons. The van der Waals surface area contributed by atoms with Crippen LogP contribution in [-0.4, -0.2) is 45.0 Å². The van der Waals surface area contributed by atoms with Crippen molar-refractivity contribution in [2.24, 2.45) is 7.05 Å². The molecule has 0 saturated carbocycles. The summed E-state index contributed by atoms with van der Waals surface area (Å²) < 4.78 is 28.5. The molecule has 0 saturated heterocycles. The van der Waals surface area contributed by atoms with Crippen molar-refractivity contribution in [3.63, 3.8) is 0 Å². The maximum absolute atomic E-state index is 13.2. The average molecular weight is 417 g/mol. The fourth-order valence-corrected chi connectivity index (χ4v) is 4.78. The molecule has 9 heteroatoms. The molecule has 0 bridgehead atoms. The van der Waals surface area contributed by atoms with Crippen molar-refractivity contribution >= 4 is 20.9 Å². The van der Waals surface area contributed by atoms with Gasteiger partial charge in [0, 0.05) is 24.7 Å². The van der Waals surface area contributed by atoms with Gasteiger partial charge in [-0.3, -0.25) is 4.79 Å². The second kappa shape index (κ2) is 7.08. The van der Waals surface area contributed by atoms with Gasteiger partial charge in [0.25, 0.3) is 5.56 Å². The van der Waals surface area contributed by atoms with Crippen LogP contribution in [0.5, 0.6) is 0 Å². The Morgan fingerprint density at radius 3 is 2.76 bits per heavy atom. The number of nitrogens with zero attached hydrogens (tertiary/aromatic N) is 4. The van der Waals surface area contributed by atoms with Gasteiger partial charge >= 0.3 is 0 Å². The van der Waals surface area contributed by atoms with Gasteiger partial charge in [-0.1, -0.05) is 24.3 Å². The van der Waals surface area contributed by atoms with Crippen LogP contribution in [0.25, 0.3) is 10.9 Å². The number of aliphatic hydroxyl groups excluding tert-OH is 1. The molecule has 0 aliphatic carbocycles. The van der Waals surface area contributed by atoms with Gasteiger partial charge in [0.15, 0.2) is 0 Å². The fourth-order valence-electron chi connectivity index (χ4n) is 4.00. The number of sulfonamides is 1. The van der Waals surface area contributed by atoms with E-state index < -0.39 is 16.1 Å². The van der Waals surface area contributed by atoms with E-state index in [2.05, 4.69) is 5.10 Å². The molecule has 0 amide bonds. The Balaban J connectivity index is 1.77. The number of fused-ring (bicyclic) bond motifs is 3. The lowest BCUT2D eigenvalue weighted by molar-refractivity contribution is 0.199. The third-order valence-electron chi connectivity index (χ3n) is 5.60. The maximum Gasteiger partial charge on any atom is 0.291 e. The minimum atomic E-state index is -3.29. The van der Waals surface area contributed by atoms with E-state index in [9.17, 15) is 18.3 Å². The van der Waals surface area contributed by atoms with Crippen LogP contribution in [0, 0.1) is 0 Å². The zero-order valence-corrected chi connectivity index (χ0v) is 17.5. The van der Waals surface area contributed by atoms with Crippen molar-refractivity contribution < 1.29 is 13.5 Å². The predicted octanol–water partition coefficient (Wildman–Crippen LogP) is 1.15. The third-order valence-corrected chi connectivity index (χ3v) is 6.85. The third kappa shape index (κ3) is 3.50. The lowest BCUT2D eigenvalue weighted by Crippen LogP contribution is -2.35. The Hall–Kier alpha value is -2.49. The molecule has 1 aromatic carbocycles. The largest absolute Gasteiger partial charge is 0.389 e. The summed E-state index contributed by atoms with van der Waals surface area (Å²) in [5, 5.41) is 14.9. The number of hydrogen-bond donors (Lipinski definition) is 1. The Bertz CT molecular complexity index is 1260. The van der Waals surface area contributed by atoms with Crippen LogP contribution in [-0.2, 0) is 36.6 Å². The molecule has 1 aliphatic heterocycles. The highest BCUT2D eigenvalue weighted by Gasteiger charge is 2.28. The van der Waals surface area contributed by atoms with Crippen molar-refractivity contribution in [2.75, 3.05) is 12.8 Å². The van der Waals surface area contributed by atoms with E-state index in [4.69, 9.17) is 0 Å². The van der Waals surface area contributed by atoms with Crippen LogP contribution in [0.4, 0.5) is 0 Å². The zero-order chi connectivity index (χ0) is 20.9. The summed E-state index contributed by atoms with van der Waals surface area (Å²) in [7, 11) is -1.49. The molecule has 2 aromatic heterocycles. The van der Waals surface area contributed by atoms with Crippen LogP contribution >= 0.6 is 0 Å². The van der Waals surface area contributed by atoms with Gasteiger partial charge in [-0.15, -0.1) is 0 Å². The standard InChI is InChI=1S/C20H24N4O4S/c1-13(25)15-6-4-5-14(9-15)11-24-20(26)19-17(10-21-24)16-7-8-23(29(3,27)28)12-18(16)22(19)2/h4-6,9-10,13,25H,7-8,11-12H2,1-3H3. The number of aryl methyl sites for hydroxylation is 1. The molecule has 0 spiro atoms. The highest BCUT2D eigenvalue weighted by molar-refractivity contribution is 7.88. The SMILES string of the molecule is CC(O)c1cccc(Cn2ncc3c4c(n(C)c3c2=O)CN(S(C)(=O)=O)CC4)c1. The molecule has 1 atom stereocenters. The van der Waals surface area contributed by atoms with Crippen LogP contribution in [0.2, 0.25) is 0 Å².